The van der Waals surface area contributed by atoms with Gasteiger partial charge in [0.1, 0.15) is 24.1 Å². The molecule has 13 heteroatoms. The van der Waals surface area contributed by atoms with Gasteiger partial charge in [-0.2, -0.15) is 0 Å². The highest BCUT2D eigenvalue weighted by atomic mass is 31.2. The van der Waals surface area contributed by atoms with Crippen LogP contribution in [0.25, 0.3) is 11.2 Å². The van der Waals surface area contributed by atoms with E-state index in [0.29, 0.717) is 0 Å². The first-order valence-electron chi connectivity index (χ1n) is 6.38. The number of nitrogens with zero attached hydrogens (tertiary/aromatic N) is 4. The Morgan fingerprint density at radius 1 is 1.43 bits per heavy atom. The van der Waals surface area contributed by atoms with E-state index in [1.165, 1.54) is 17.2 Å². The number of alkyl halides is 1. The molecule has 126 valence electrons. The van der Waals surface area contributed by atoms with Gasteiger partial charge in [0.15, 0.2) is 23.9 Å². The van der Waals surface area contributed by atoms with Crippen molar-refractivity contribution in [1.29, 1.82) is 0 Å². The number of ether oxygens (including phenoxy) is 1. The van der Waals surface area contributed by atoms with Crippen molar-refractivity contribution in [1.82, 2.24) is 19.5 Å². The quantitative estimate of drug-likeness (QED) is 0.509. The van der Waals surface area contributed by atoms with Crippen molar-refractivity contribution in [3.63, 3.8) is 0 Å². The van der Waals surface area contributed by atoms with Crippen LogP contribution in [-0.4, -0.2) is 59.4 Å². The number of anilines is 1. The largest absolute Gasteiger partial charge is 0.469 e. The lowest BCUT2D eigenvalue weighted by Gasteiger charge is -2.15. The van der Waals surface area contributed by atoms with E-state index in [0.717, 1.165) is 0 Å². The minimum absolute atomic E-state index is 0.101. The molecule has 23 heavy (non-hydrogen) atoms. The van der Waals surface area contributed by atoms with Crippen LogP contribution in [0.5, 0.6) is 0 Å². The van der Waals surface area contributed by atoms with E-state index < -0.39 is 39.0 Å². The summed E-state index contributed by atoms with van der Waals surface area (Å²) in [5.74, 6) is 0.101. The molecule has 3 heterocycles. The van der Waals surface area contributed by atoms with Gasteiger partial charge >= 0.3 is 7.82 Å². The lowest BCUT2D eigenvalue weighted by molar-refractivity contribution is -0.0451. The summed E-state index contributed by atoms with van der Waals surface area (Å²) in [6, 6.07) is 0. The zero-order valence-corrected chi connectivity index (χ0v) is 12.3. The summed E-state index contributed by atoms with van der Waals surface area (Å²) in [7, 11) is -4.76. The smallest absolute Gasteiger partial charge is 0.387 e. The Kier molecular flexibility index (Phi) is 4.04. The summed E-state index contributed by atoms with van der Waals surface area (Å²) in [5, 5.41) is 9.83. The number of fused-ring (bicyclic) bond motifs is 1. The Balaban J connectivity index is 1.85. The molecule has 0 amide bonds. The number of aliphatic hydroxyl groups is 1. The highest BCUT2D eigenvalue weighted by molar-refractivity contribution is 7.46. The molecule has 0 saturated carbocycles. The minimum atomic E-state index is -4.76. The lowest BCUT2D eigenvalue weighted by atomic mass is 10.1. The maximum absolute atomic E-state index is 14.3. The summed E-state index contributed by atoms with van der Waals surface area (Å²) < 4.78 is 35.8. The highest BCUT2D eigenvalue weighted by Gasteiger charge is 2.46. The molecule has 1 aliphatic heterocycles. The van der Waals surface area contributed by atoms with Crippen LogP contribution < -0.4 is 5.73 Å². The second-order valence-corrected chi connectivity index (χ2v) is 6.11. The van der Waals surface area contributed by atoms with Crippen molar-refractivity contribution >= 4 is 24.8 Å². The monoisotopic (exact) mass is 349 g/mol. The number of phosphoric acid groups is 1. The van der Waals surface area contributed by atoms with Crippen LogP contribution in [0.4, 0.5) is 10.2 Å². The van der Waals surface area contributed by atoms with Gasteiger partial charge in [-0.1, -0.05) is 0 Å². The van der Waals surface area contributed by atoms with Gasteiger partial charge in [0.25, 0.3) is 0 Å². The van der Waals surface area contributed by atoms with Crippen LogP contribution in [-0.2, 0) is 13.8 Å². The lowest BCUT2D eigenvalue weighted by Crippen LogP contribution is -2.31. The molecule has 1 saturated heterocycles. The summed E-state index contributed by atoms with van der Waals surface area (Å²) >= 11 is 0. The molecule has 0 unspecified atom stereocenters. The van der Waals surface area contributed by atoms with E-state index in [2.05, 4.69) is 19.5 Å². The van der Waals surface area contributed by atoms with E-state index >= 15 is 0 Å². The van der Waals surface area contributed by atoms with Crippen molar-refractivity contribution < 1.29 is 33.1 Å². The average molecular weight is 349 g/mol. The number of hydrogen-bond acceptors (Lipinski definition) is 8. The van der Waals surface area contributed by atoms with Crippen molar-refractivity contribution in [2.75, 3.05) is 12.3 Å². The summed E-state index contributed by atoms with van der Waals surface area (Å²) in [4.78, 5) is 29.0. The molecular weight excluding hydrogens is 336 g/mol. The van der Waals surface area contributed by atoms with E-state index in [-0.39, 0.29) is 17.0 Å². The molecule has 0 aromatic carbocycles. The maximum atomic E-state index is 14.3. The number of aromatic nitrogens is 4. The van der Waals surface area contributed by atoms with Gasteiger partial charge in [0.05, 0.1) is 12.9 Å². The van der Waals surface area contributed by atoms with Gasteiger partial charge in [-0.25, -0.2) is 23.9 Å². The number of nitrogen functional groups attached to an aromatic ring is 1. The molecule has 0 aliphatic carbocycles. The molecule has 5 N–H and O–H groups in total. The topological polar surface area (TPSA) is 166 Å². The number of aliphatic hydroxyl groups excluding tert-OH is 1. The fourth-order valence-electron chi connectivity index (χ4n) is 2.29. The van der Waals surface area contributed by atoms with E-state index in [1.54, 1.807) is 0 Å². The van der Waals surface area contributed by atoms with Crippen LogP contribution >= 0.6 is 7.82 Å². The van der Waals surface area contributed by atoms with Crippen molar-refractivity contribution in [2.24, 2.45) is 0 Å². The van der Waals surface area contributed by atoms with Gasteiger partial charge < -0.3 is 25.4 Å². The fourth-order valence-corrected chi connectivity index (χ4v) is 2.63. The van der Waals surface area contributed by atoms with Gasteiger partial charge in [0.2, 0.25) is 0 Å². The van der Waals surface area contributed by atoms with Crippen LogP contribution in [0, 0.1) is 0 Å². The molecule has 0 spiro atoms. The van der Waals surface area contributed by atoms with Gasteiger partial charge in [-0.3, -0.25) is 9.09 Å². The average Bonchev–Trinajstić information content (AvgIpc) is 3.01. The third-order valence-corrected chi connectivity index (χ3v) is 3.85. The normalized spacial score (nSPS) is 28.5. The molecule has 2 aromatic heterocycles. The first-order chi connectivity index (χ1) is 10.8. The van der Waals surface area contributed by atoms with Crippen LogP contribution in [0.1, 0.15) is 6.23 Å². The number of hydrogen-bond donors (Lipinski definition) is 4. The predicted molar refractivity (Wildman–Crippen MR) is 72.5 cm³/mol. The Hall–Kier alpha value is -1.69. The van der Waals surface area contributed by atoms with E-state index in [9.17, 15) is 14.1 Å². The molecule has 11 nitrogen and oxygen atoms in total. The van der Waals surface area contributed by atoms with Gasteiger partial charge in [-0.15, -0.1) is 0 Å². The third kappa shape index (κ3) is 3.04. The molecule has 1 aliphatic rings. The summed E-state index contributed by atoms with van der Waals surface area (Å²) in [6.45, 7) is -0.674. The predicted octanol–water partition coefficient (Wildman–Crippen LogP) is -0.886. The van der Waals surface area contributed by atoms with Gasteiger partial charge in [-0.05, 0) is 0 Å². The first-order valence-corrected chi connectivity index (χ1v) is 7.91. The maximum Gasteiger partial charge on any atom is 0.469 e. The molecule has 0 radical (unpaired) electrons. The summed E-state index contributed by atoms with van der Waals surface area (Å²) in [5.41, 5.74) is 6.08. The Morgan fingerprint density at radius 2 is 2.17 bits per heavy atom. The Bertz CT molecular complexity index is 767. The zero-order chi connectivity index (χ0) is 16.8. The molecule has 3 rings (SSSR count). The SMILES string of the molecule is Nc1ncnc2c1ncn2[C@@H]1O[C@H](COP(=O)(O)O)[C@@H](O)[C@@H]1F. The highest BCUT2D eigenvalue weighted by Crippen LogP contribution is 2.39. The second kappa shape index (κ2) is 5.74. The van der Waals surface area contributed by atoms with Crippen molar-refractivity contribution in [2.45, 2.75) is 24.6 Å². The standard InChI is InChI=1S/C10H13FN5O6P/c11-5-7(17)4(1-21-23(18,19)20)22-10(5)16-3-15-6-8(12)13-2-14-9(6)16/h2-5,7,10,17H,1H2,(H2,12,13,14)(H2,18,19,20)/t4-,5+,7-,10-/m1/s1. The van der Waals surface area contributed by atoms with Crippen LogP contribution in [0.15, 0.2) is 12.7 Å². The Labute approximate surface area is 128 Å². The second-order valence-electron chi connectivity index (χ2n) is 4.87. The van der Waals surface area contributed by atoms with Crippen molar-refractivity contribution in [3.05, 3.63) is 12.7 Å². The molecular formula is C10H13FN5O6P. The zero-order valence-electron chi connectivity index (χ0n) is 11.4. The number of halogens is 1. The first kappa shape index (κ1) is 16.2. The van der Waals surface area contributed by atoms with Crippen LogP contribution in [0.3, 0.4) is 0 Å². The number of nitrogens with two attached hydrogens (primary N) is 1. The molecule has 2 aromatic rings. The van der Waals surface area contributed by atoms with E-state index in [1.807, 2.05) is 0 Å². The number of phosphoric ester groups is 1. The van der Waals surface area contributed by atoms with Gasteiger partial charge in [0, 0.05) is 0 Å². The molecule has 0 bridgehead atoms. The molecule has 1 fully saturated rings. The number of rotatable bonds is 4. The fraction of sp³-hybridized carbons (Fsp3) is 0.500. The van der Waals surface area contributed by atoms with E-state index in [4.69, 9.17) is 20.3 Å². The Morgan fingerprint density at radius 3 is 2.87 bits per heavy atom. The number of imidazole rings is 1. The minimum Gasteiger partial charge on any atom is -0.387 e. The summed E-state index contributed by atoms with van der Waals surface area (Å²) in [6.07, 6.45) is -3.68. The van der Waals surface area contributed by atoms with Crippen LogP contribution in [0.2, 0.25) is 0 Å². The molecule has 4 atom stereocenters. The van der Waals surface area contributed by atoms with Crippen molar-refractivity contribution in [3.8, 4) is 0 Å². The third-order valence-electron chi connectivity index (χ3n) is 3.36.